The van der Waals surface area contributed by atoms with Crippen molar-refractivity contribution < 1.29 is 18.3 Å². The summed E-state index contributed by atoms with van der Waals surface area (Å²) in [6.07, 6.45) is 3.70. The minimum absolute atomic E-state index is 0.113. The number of carboxylic acid groups (broad SMARTS) is 1. The van der Waals surface area contributed by atoms with Gasteiger partial charge in [0, 0.05) is 12.6 Å². The number of rotatable bonds is 5. The van der Waals surface area contributed by atoms with E-state index < -0.39 is 28.0 Å². The molecule has 1 heterocycles. The number of nitrogens with zero attached hydrogens (tertiary/aromatic N) is 1. The lowest BCUT2D eigenvalue weighted by Gasteiger charge is -2.36. The van der Waals surface area contributed by atoms with Crippen LogP contribution in [-0.2, 0) is 27.7 Å². The highest BCUT2D eigenvalue weighted by molar-refractivity contribution is 7.89. The van der Waals surface area contributed by atoms with Crippen molar-refractivity contribution in [3.8, 4) is 0 Å². The topological polar surface area (TPSA) is 74.7 Å². The largest absolute Gasteiger partial charge is 0.481 e. The maximum absolute atomic E-state index is 12.7. The van der Waals surface area contributed by atoms with Gasteiger partial charge in [0.05, 0.1) is 11.7 Å². The number of benzene rings is 1. The van der Waals surface area contributed by atoms with E-state index in [0.29, 0.717) is 31.7 Å². The van der Waals surface area contributed by atoms with Crippen molar-refractivity contribution in [1.29, 1.82) is 0 Å². The summed E-state index contributed by atoms with van der Waals surface area (Å²) >= 11 is 0. The molecule has 5 nitrogen and oxygen atoms in total. The zero-order chi connectivity index (χ0) is 17.3. The first-order valence-electron chi connectivity index (χ1n) is 8.67. The second-order valence-electron chi connectivity index (χ2n) is 7.09. The van der Waals surface area contributed by atoms with Gasteiger partial charge in [0.25, 0.3) is 0 Å². The van der Waals surface area contributed by atoms with Crippen LogP contribution in [0.5, 0.6) is 0 Å². The van der Waals surface area contributed by atoms with Crippen molar-refractivity contribution in [2.24, 2.45) is 11.8 Å². The quantitative estimate of drug-likeness (QED) is 0.883. The van der Waals surface area contributed by atoms with Crippen molar-refractivity contribution in [3.05, 3.63) is 35.4 Å². The van der Waals surface area contributed by atoms with Crippen LogP contribution in [0.15, 0.2) is 24.3 Å². The first-order chi connectivity index (χ1) is 11.4. The summed E-state index contributed by atoms with van der Waals surface area (Å²) in [6.45, 7) is 2.17. The Kier molecular flexibility index (Phi) is 4.97. The summed E-state index contributed by atoms with van der Waals surface area (Å²) in [7, 11) is -3.40. The summed E-state index contributed by atoms with van der Waals surface area (Å²) in [5.41, 5.74) is 2.66. The van der Waals surface area contributed by atoms with E-state index in [9.17, 15) is 18.3 Å². The Balaban J connectivity index is 1.61. The van der Waals surface area contributed by atoms with Gasteiger partial charge in [-0.2, -0.15) is 4.31 Å². The molecular formula is C18H25NO4S. The van der Waals surface area contributed by atoms with Gasteiger partial charge in [-0.1, -0.05) is 24.3 Å². The van der Waals surface area contributed by atoms with Gasteiger partial charge < -0.3 is 5.11 Å². The van der Waals surface area contributed by atoms with Crippen molar-refractivity contribution >= 4 is 16.0 Å². The number of piperidine rings is 1. The minimum atomic E-state index is -3.40. The monoisotopic (exact) mass is 351 g/mol. The predicted molar refractivity (Wildman–Crippen MR) is 92.3 cm³/mol. The molecule has 0 radical (unpaired) electrons. The van der Waals surface area contributed by atoms with Gasteiger partial charge in [0.2, 0.25) is 10.0 Å². The van der Waals surface area contributed by atoms with E-state index >= 15 is 0 Å². The number of hydrogen-bond donors (Lipinski definition) is 1. The van der Waals surface area contributed by atoms with E-state index in [1.54, 1.807) is 6.92 Å². The number of carboxylic acids is 1. The second-order valence-corrected chi connectivity index (χ2v) is 9.13. The Morgan fingerprint density at radius 1 is 1.25 bits per heavy atom. The van der Waals surface area contributed by atoms with Crippen LogP contribution in [0.2, 0.25) is 0 Å². The Hall–Kier alpha value is -1.40. The molecule has 1 saturated heterocycles. The normalized spacial score (nSPS) is 25.5. The summed E-state index contributed by atoms with van der Waals surface area (Å²) < 4.78 is 26.9. The summed E-state index contributed by atoms with van der Waals surface area (Å²) in [6, 6.07) is 7.84. The third-order valence-electron chi connectivity index (χ3n) is 5.52. The predicted octanol–water partition coefficient (Wildman–Crippen LogP) is 2.31. The maximum Gasteiger partial charge on any atom is 0.308 e. The molecule has 0 amide bonds. The van der Waals surface area contributed by atoms with Gasteiger partial charge in [-0.25, -0.2) is 8.42 Å². The summed E-state index contributed by atoms with van der Waals surface area (Å²) in [5.74, 6) is -1.01. The van der Waals surface area contributed by atoms with Crippen molar-refractivity contribution in [1.82, 2.24) is 4.31 Å². The van der Waals surface area contributed by atoms with Crippen LogP contribution in [0.4, 0.5) is 0 Å². The number of hydrogen-bond acceptors (Lipinski definition) is 3. The Labute approximate surface area is 143 Å². The fourth-order valence-electron chi connectivity index (χ4n) is 4.12. The molecule has 3 rings (SSSR count). The molecule has 1 aromatic rings. The number of sulfonamides is 1. The van der Waals surface area contributed by atoms with Gasteiger partial charge in [-0.15, -0.1) is 0 Å². The van der Waals surface area contributed by atoms with Crippen LogP contribution >= 0.6 is 0 Å². The lowest BCUT2D eigenvalue weighted by Crippen LogP contribution is -2.49. The van der Waals surface area contributed by atoms with E-state index in [-0.39, 0.29) is 5.75 Å². The molecule has 2 aliphatic rings. The smallest absolute Gasteiger partial charge is 0.308 e. The molecule has 1 aliphatic heterocycles. The Morgan fingerprint density at radius 2 is 1.88 bits per heavy atom. The fourth-order valence-corrected chi connectivity index (χ4v) is 6.05. The van der Waals surface area contributed by atoms with Gasteiger partial charge in [0.1, 0.15) is 0 Å². The van der Waals surface area contributed by atoms with Gasteiger partial charge >= 0.3 is 5.97 Å². The molecule has 1 N–H and O–H groups in total. The molecular weight excluding hydrogens is 326 g/mol. The van der Waals surface area contributed by atoms with Crippen LogP contribution in [0.3, 0.4) is 0 Å². The SMILES string of the molecule is C[C@@H]1[C@H](C(=O)O)CCCN1S(=O)(=O)CCC1Cc2ccccc2C1. The highest BCUT2D eigenvalue weighted by Crippen LogP contribution is 2.31. The van der Waals surface area contributed by atoms with E-state index in [0.717, 1.165) is 12.8 Å². The Morgan fingerprint density at radius 3 is 2.46 bits per heavy atom. The lowest BCUT2D eigenvalue weighted by atomic mass is 9.92. The van der Waals surface area contributed by atoms with Crippen molar-refractivity contribution in [3.63, 3.8) is 0 Å². The maximum atomic E-state index is 12.7. The van der Waals surface area contributed by atoms with Crippen LogP contribution in [0.25, 0.3) is 0 Å². The van der Waals surface area contributed by atoms with Gasteiger partial charge in [0.15, 0.2) is 0 Å². The van der Waals surface area contributed by atoms with Crippen molar-refractivity contribution in [2.45, 2.75) is 45.1 Å². The number of aliphatic carboxylic acids is 1. The highest BCUT2D eigenvalue weighted by atomic mass is 32.2. The zero-order valence-electron chi connectivity index (χ0n) is 14.0. The van der Waals surface area contributed by atoms with Crippen LogP contribution in [-0.4, -0.2) is 42.1 Å². The zero-order valence-corrected chi connectivity index (χ0v) is 14.8. The molecule has 0 unspecified atom stereocenters. The molecule has 1 aromatic carbocycles. The Bertz CT molecular complexity index is 690. The van der Waals surface area contributed by atoms with Crippen molar-refractivity contribution in [2.75, 3.05) is 12.3 Å². The van der Waals surface area contributed by atoms with Crippen LogP contribution in [0, 0.1) is 11.8 Å². The van der Waals surface area contributed by atoms with Gasteiger partial charge in [-0.05, 0) is 56.1 Å². The molecule has 6 heteroatoms. The molecule has 1 aliphatic carbocycles. The third-order valence-corrected chi connectivity index (χ3v) is 7.51. The van der Waals surface area contributed by atoms with Crippen LogP contribution in [0.1, 0.15) is 37.3 Å². The minimum Gasteiger partial charge on any atom is -0.481 e. The molecule has 2 atom stereocenters. The van der Waals surface area contributed by atoms with Gasteiger partial charge in [-0.3, -0.25) is 4.79 Å². The molecule has 0 spiro atoms. The molecule has 0 saturated carbocycles. The van der Waals surface area contributed by atoms with E-state index in [1.807, 2.05) is 12.1 Å². The van der Waals surface area contributed by atoms with E-state index in [2.05, 4.69) is 12.1 Å². The molecule has 0 bridgehead atoms. The first-order valence-corrected chi connectivity index (χ1v) is 10.3. The highest BCUT2D eigenvalue weighted by Gasteiger charge is 2.39. The number of carbonyl (C=O) groups is 1. The van der Waals surface area contributed by atoms with E-state index in [4.69, 9.17) is 0 Å². The average molecular weight is 351 g/mol. The second kappa shape index (κ2) is 6.84. The molecule has 24 heavy (non-hydrogen) atoms. The molecule has 1 fully saturated rings. The fraction of sp³-hybridized carbons (Fsp3) is 0.611. The standard InChI is InChI=1S/C18H25NO4S/c1-13-17(18(20)21)7-4-9-19(13)24(22,23)10-8-14-11-15-5-2-3-6-16(15)12-14/h2-3,5-6,13-14,17H,4,7-12H2,1H3,(H,20,21)/t13-,17-/m1/s1. The lowest BCUT2D eigenvalue weighted by molar-refractivity contribution is -0.144. The molecule has 132 valence electrons. The first kappa shape index (κ1) is 17.4. The summed E-state index contributed by atoms with van der Waals surface area (Å²) in [5, 5.41) is 9.27. The van der Waals surface area contributed by atoms with E-state index in [1.165, 1.54) is 15.4 Å². The summed E-state index contributed by atoms with van der Waals surface area (Å²) in [4.78, 5) is 11.3. The molecule has 0 aromatic heterocycles. The number of fused-ring (bicyclic) bond motifs is 1. The average Bonchev–Trinajstić information content (AvgIpc) is 2.96. The van der Waals surface area contributed by atoms with Crippen LogP contribution < -0.4 is 0 Å². The third kappa shape index (κ3) is 3.49.